The van der Waals surface area contributed by atoms with E-state index in [0.717, 1.165) is 25.3 Å². The standard InChI is InChI=1S/C15H21N3O/c1-12-8-17(2)15(11-19)10-18(9-12)14-5-3-13(7-16)4-6-14/h3-6,12,15,19H,8-11H2,1-2H3. The second-order valence-corrected chi connectivity index (χ2v) is 5.44. The summed E-state index contributed by atoms with van der Waals surface area (Å²) in [4.78, 5) is 4.53. The molecule has 0 radical (unpaired) electrons. The molecule has 0 aliphatic carbocycles. The molecule has 1 aliphatic rings. The second-order valence-electron chi connectivity index (χ2n) is 5.44. The van der Waals surface area contributed by atoms with Crippen LogP contribution in [0.2, 0.25) is 0 Å². The van der Waals surface area contributed by atoms with E-state index >= 15 is 0 Å². The molecule has 0 saturated carbocycles. The summed E-state index contributed by atoms with van der Waals surface area (Å²) in [6.45, 7) is 5.21. The van der Waals surface area contributed by atoms with Gasteiger partial charge in [-0.3, -0.25) is 4.90 Å². The average Bonchev–Trinajstić information content (AvgIpc) is 2.57. The lowest BCUT2D eigenvalue weighted by Crippen LogP contribution is -2.41. The first kappa shape index (κ1) is 13.9. The van der Waals surface area contributed by atoms with Crippen molar-refractivity contribution in [3.63, 3.8) is 0 Å². The highest BCUT2D eigenvalue weighted by Crippen LogP contribution is 2.21. The third-order valence-electron chi connectivity index (χ3n) is 3.76. The summed E-state index contributed by atoms with van der Waals surface area (Å²) in [5.74, 6) is 0.553. The molecule has 2 unspecified atom stereocenters. The van der Waals surface area contributed by atoms with Crippen molar-refractivity contribution in [3.8, 4) is 6.07 Å². The van der Waals surface area contributed by atoms with E-state index in [4.69, 9.17) is 5.26 Å². The normalized spacial score (nSPS) is 24.8. The number of nitrogens with zero attached hydrogens (tertiary/aromatic N) is 3. The largest absolute Gasteiger partial charge is 0.395 e. The topological polar surface area (TPSA) is 50.5 Å². The van der Waals surface area contributed by atoms with Gasteiger partial charge in [0.1, 0.15) is 0 Å². The maximum atomic E-state index is 9.51. The molecule has 0 spiro atoms. The zero-order chi connectivity index (χ0) is 13.8. The van der Waals surface area contributed by atoms with Crippen LogP contribution in [0.5, 0.6) is 0 Å². The highest BCUT2D eigenvalue weighted by molar-refractivity contribution is 5.50. The molecule has 1 aromatic rings. The predicted octanol–water partition coefficient (Wildman–Crippen LogP) is 1.31. The summed E-state index contributed by atoms with van der Waals surface area (Å²) in [6, 6.07) is 9.99. The summed E-state index contributed by atoms with van der Waals surface area (Å²) in [5.41, 5.74) is 1.81. The van der Waals surface area contributed by atoms with Crippen molar-refractivity contribution in [2.24, 2.45) is 5.92 Å². The number of benzene rings is 1. The molecular weight excluding hydrogens is 238 g/mol. The maximum absolute atomic E-state index is 9.51. The van der Waals surface area contributed by atoms with Gasteiger partial charge in [0.25, 0.3) is 0 Å². The van der Waals surface area contributed by atoms with Gasteiger partial charge >= 0.3 is 0 Å². The van der Waals surface area contributed by atoms with E-state index in [9.17, 15) is 5.11 Å². The number of likely N-dealkylation sites (N-methyl/N-ethyl adjacent to an activating group) is 1. The van der Waals surface area contributed by atoms with Crippen LogP contribution < -0.4 is 4.90 Å². The van der Waals surface area contributed by atoms with Crippen molar-refractivity contribution >= 4 is 5.69 Å². The van der Waals surface area contributed by atoms with E-state index in [1.807, 2.05) is 24.3 Å². The molecule has 0 bridgehead atoms. The number of hydrogen-bond donors (Lipinski definition) is 1. The second kappa shape index (κ2) is 6.05. The minimum absolute atomic E-state index is 0.167. The molecule has 1 N–H and O–H groups in total. The Bertz CT molecular complexity index is 451. The number of hydrogen-bond acceptors (Lipinski definition) is 4. The van der Waals surface area contributed by atoms with E-state index in [1.165, 1.54) is 0 Å². The molecule has 2 atom stereocenters. The van der Waals surface area contributed by atoms with Crippen LogP contribution in [-0.4, -0.2) is 49.3 Å². The molecule has 4 nitrogen and oxygen atoms in total. The number of aliphatic hydroxyl groups excluding tert-OH is 1. The smallest absolute Gasteiger partial charge is 0.0991 e. The fourth-order valence-electron chi connectivity index (χ4n) is 2.70. The molecular formula is C15H21N3O. The zero-order valence-corrected chi connectivity index (χ0v) is 11.6. The molecule has 0 aromatic heterocycles. The lowest BCUT2D eigenvalue weighted by Gasteiger charge is -2.28. The van der Waals surface area contributed by atoms with Crippen LogP contribution in [0.25, 0.3) is 0 Å². The van der Waals surface area contributed by atoms with Gasteiger partial charge in [0.05, 0.1) is 18.2 Å². The third kappa shape index (κ3) is 3.25. The number of anilines is 1. The first-order valence-electron chi connectivity index (χ1n) is 6.70. The Kier molecular flexibility index (Phi) is 4.41. The lowest BCUT2D eigenvalue weighted by atomic mass is 10.1. The summed E-state index contributed by atoms with van der Waals surface area (Å²) >= 11 is 0. The van der Waals surface area contributed by atoms with E-state index in [0.29, 0.717) is 11.5 Å². The van der Waals surface area contributed by atoms with Crippen LogP contribution in [0, 0.1) is 17.2 Å². The summed E-state index contributed by atoms with van der Waals surface area (Å²) in [5, 5.41) is 18.3. The summed E-state index contributed by atoms with van der Waals surface area (Å²) < 4.78 is 0. The van der Waals surface area contributed by atoms with Gasteiger partial charge in [-0.05, 0) is 37.2 Å². The highest BCUT2D eigenvalue weighted by Gasteiger charge is 2.25. The minimum atomic E-state index is 0.167. The predicted molar refractivity (Wildman–Crippen MR) is 76.0 cm³/mol. The van der Waals surface area contributed by atoms with Crippen LogP contribution in [0.4, 0.5) is 5.69 Å². The first-order valence-corrected chi connectivity index (χ1v) is 6.70. The van der Waals surface area contributed by atoms with Crippen molar-refractivity contribution in [1.82, 2.24) is 4.90 Å². The molecule has 1 heterocycles. The Morgan fingerprint density at radius 2 is 1.95 bits per heavy atom. The Balaban J connectivity index is 2.19. The minimum Gasteiger partial charge on any atom is -0.395 e. The highest BCUT2D eigenvalue weighted by atomic mass is 16.3. The molecule has 1 aromatic carbocycles. The van der Waals surface area contributed by atoms with Crippen molar-refractivity contribution in [3.05, 3.63) is 29.8 Å². The van der Waals surface area contributed by atoms with Crippen LogP contribution in [0.3, 0.4) is 0 Å². The Morgan fingerprint density at radius 1 is 1.26 bits per heavy atom. The zero-order valence-electron chi connectivity index (χ0n) is 11.6. The fourth-order valence-corrected chi connectivity index (χ4v) is 2.70. The van der Waals surface area contributed by atoms with E-state index in [1.54, 1.807) is 0 Å². The number of nitriles is 1. The van der Waals surface area contributed by atoms with E-state index < -0.39 is 0 Å². The fraction of sp³-hybridized carbons (Fsp3) is 0.533. The van der Waals surface area contributed by atoms with Gasteiger partial charge in [-0.15, -0.1) is 0 Å². The van der Waals surface area contributed by atoms with Crippen molar-refractivity contribution in [2.75, 3.05) is 38.2 Å². The molecule has 1 saturated heterocycles. The van der Waals surface area contributed by atoms with Crippen molar-refractivity contribution in [2.45, 2.75) is 13.0 Å². The molecule has 1 fully saturated rings. The van der Waals surface area contributed by atoms with Crippen LogP contribution >= 0.6 is 0 Å². The molecule has 4 heteroatoms. The van der Waals surface area contributed by atoms with E-state index in [2.05, 4.69) is 29.8 Å². The van der Waals surface area contributed by atoms with Gasteiger partial charge in [0, 0.05) is 31.4 Å². The van der Waals surface area contributed by atoms with Crippen LogP contribution in [-0.2, 0) is 0 Å². The Morgan fingerprint density at radius 3 is 2.53 bits per heavy atom. The molecule has 102 valence electrons. The van der Waals surface area contributed by atoms with Crippen LogP contribution in [0.15, 0.2) is 24.3 Å². The average molecular weight is 259 g/mol. The van der Waals surface area contributed by atoms with Gasteiger partial charge in [-0.25, -0.2) is 0 Å². The molecule has 0 amide bonds. The van der Waals surface area contributed by atoms with Crippen molar-refractivity contribution in [1.29, 1.82) is 5.26 Å². The third-order valence-corrected chi connectivity index (χ3v) is 3.76. The summed E-state index contributed by atoms with van der Waals surface area (Å²) in [7, 11) is 2.07. The van der Waals surface area contributed by atoms with Gasteiger partial charge in [-0.2, -0.15) is 5.26 Å². The molecule has 2 rings (SSSR count). The van der Waals surface area contributed by atoms with Gasteiger partial charge in [0.2, 0.25) is 0 Å². The molecule has 19 heavy (non-hydrogen) atoms. The van der Waals surface area contributed by atoms with Gasteiger partial charge < -0.3 is 10.0 Å². The molecule has 1 aliphatic heterocycles. The Hall–Kier alpha value is -1.57. The maximum Gasteiger partial charge on any atom is 0.0991 e. The SMILES string of the molecule is CC1CN(c2ccc(C#N)cc2)CC(CO)N(C)C1. The first-order chi connectivity index (χ1) is 9.13. The lowest BCUT2D eigenvalue weighted by molar-refractivity contribution is 0.151. The number of aliphatic hydroxyl groups is 1. The quantitative estimate of drug-likeness (QED) is 0.870. The Labute approximate surface area is 114 Å². The number of rotatable bonds is 2. The van der Waals surface area contributed by atoms with Gasteiger partial charge in [0.15, 0.2) is 0 Å². The van der Waals surface area contributed by atoms with Crippen LogP contribution in [0.1, 0.15) is 12.5 Å². The summed E-state index contributed by atoms with van der Waals surface area (Å²) in [6.07, 6.45) is 0. The van der Waals surface area contributed by atoms with Gasteiger partial charge in [-0.1, -0.05) is 6.92 Å². The van der Waals surface area contributed by atoms with Crippen molar-refractivity contribution < 1.29 is 5.11 Å². The van der Waals surface area contributed by atoms with E-state index in [-0.39, 0.29) is 12.6 Å². The monoisotopic (exact) mass is 259 g/mol.